The number of carbonyl (C=O) groups is 1. The monoisotopic (exact) mass is 383 g/mol. The Morgan fingerprint density at radius 2 is 1.89 bits per heavy atom. The number of rotatable bonds is 7. The zero-order valence-corrected chi connectivity index (χ0v) is 14.1. The minimum Gasteiger partial charge on any atom is -0.446 e. The van der Waals surface area contributed by atoms with Gasteiger partial charge in [0.2, 0.25) is 0 Å². The van der Waals surface area contributed by atoms with E-state index in [1.165, 1.54) is 0 Å². The van der Waals surface area contributed by atoms with Crippen LogP contribution < -0.4 is 8.85 Å². The van der Waals surface area contributed by atoms with E-state index in [4.69, 9.17) is 4.74 Å². The van der Waals surface area contributed by atoms with Gasteiger partial charge in [-0.3, -0.25) is 3.53 Å². The third-order valence-corrected chi connectivity index (χ3v) is 4.57. The Balaban J connectivity index is 2.11. The third kappa shape index (κ3) is 6.76. The Morgan fingerprint density at radius 1 is 1.26 bits per heavy atom. The number of hydrogen-bond donors (Lipinski definition) is 2. The molecule has 0 atom stereocenters. The van der Waals surface area contributed by atoms with Gasteiger partial charge in [-0.05, 0) is 38.8 Å². The Labute approximate surface area is 130 Å². The zero-order valence-electron chi connectivity index (χ0n) is 12.0. The highest BCUT2D eigenvalue weighted by Crippen LogP contribution is 2.21. The fraction of sp³-hybridized carbons (Fsp3) is 0.923. The highest BCUT2D eigenvalue weighted by atomic mass is 127. The van der Waals surface area contributed by atoms with Crippen molar-refractivity contribution in [3.05, 3.63) is 0 Å². The van der Waals surface area contributed by atoms with Crippen molar-refractivity contribution in [1.82, 2.24) is 13.7 Å². The molecule has 0 saturated heterocycles. The second kappa shape index (κ2) is 9.77. The molecule has 1 aliphatic rings. The van der Waals surface area contributed by atoms with Gasteiger partial charge in [-0.15, -0.1) is 0 Å². The average Bonchev–Trinajstić information content (AvgIpc) is 2.44. The van der Waals surface area contributed by atoms with Crippen LogP contribution in [-0.2, 0) is 4.74 Å². The molecule has 19 heavy (non-hydrogen) atoms. The van der Waals surface area contributed by atoms with Crippen molar-refractivity contribution < 1.29 is 9.53 Å². The molecule has 0 heterocycles. The third-order valence-electron chi connectivity index (χ3n) is 3.69. The fourth-order valence-corrected chi connectivity index (χ4v) is 2.96. The van der Waals surface area contributed by atoms with Gasteiger partial charge >= 0.3 is 6.09 Å². The molecule has 1 fully saturated rings. The number of nitrogens with zero attached hydrogens (tertiary/aromatic N) is 1. The van der Waals surface area contributed by atoms with Gasteiger partial charge in [-0.1, -0.05) is 13.8 Å². The van der Waals surface area contributed by atoms with E-state index in [2.05, 4.69) is 50.5 Å². The normalized spacial score (nSPS) is 23.4. The molecule has 0 aromatic carbocycles. The van der Waals surface area contributed by atoms with Gasteiger partial charge in [0.25, 0.3) is 0 Å². The molecule has 0 unspecified atom stereocenters. The Morgan fingerprint density at radius 3 is 2.42 bits per heavy atom. The maximum Gasteiger partial charge on any atom is 0.407 e. The lowest BCUT2D eigenvalue weighted by molar-refractivity contribution is 0.0707. The molecule has 6 heteroatoms. The minimum atomic E-state index is -0.266. The van der Waals surface area contributed by atoms with Crippen LogP contribution in [0.25, 0.3) is 0 Å². The second-order valence-electron chi connectivity index (χ2n) is 4.94. The van der Waals surface area contributed by atoms with E-state index >= 15 is 0 Å². The summed E-state index contributed by atoms with van der Waals surface area (Å²) in [6, 6.07) is 0.575. The standard InChI is InChI=1S/C13H26IN3O2/c1-3-17(4-2)10-9-15-13(18)19-12-7-5-11(16-14)6-8-12/h11-12,16H,3-10H2,1-2H3,(H,15,18). The molecule has 0 aromatic heterocycles. The lowest BCUT2D eigenvalue weighted by Gasteiger charge is -2.27. The van der Waals surface area contributed by atoms with Crippen LogP contribution in [0.2, 0.25) is 0 Å². The first-order chi connectivity index (χ1) is 9.19. The van der Waals surface area contributed by atoms with Crippen molar-refractivity contribution in [2.24, 2.45) is 0 Å². The summed E-state index contributed by atoms with van der Waals surface area (Å²) in [6.07, 6.45) is 3.92. The van der Waals surface area contributed by atoms with Gasteiger partial charge in [0.15, 0.2) is 0 Å². The van der Waals surface area contributed by atoms with E-state index in [0.29, 0.717) is 12.6 Å². The zero-order chi connectivity index (χ0) is 14.1. The molecule has 0 spiro atoms. The number of hydrogen-bond acceptors (Lipinski definition) is 4. The number of alkyl carbamates (subject to hydrolysis) is 1. The Hall–Kier alpha value is -0.0800. The number of nitrogens with one attached hydrogen (secondary N) is 2. The summed E-state index contributed by atoms with van der Waals surface area (Å²) >= 11 is 2.20. The van der Waals surface area contributed by atoms with Crippen LogP contribution in [0, 0.1) is 0 Å². The molecule has 5 nitrogen and oxygen atoms in total. The molecule has 1 saturated carbocycles. The first kappa shape index (κ1) is 17.0. The van der Waals surface area contributed by atoms with Crippen molar-refractivity contribution in [3.8, 4) is 0 Å². The van der Waals surface area contributed by atoms with E-state index in [-0.39, 0.29) is 12.2 Å². The number of likely N-dealkylation sites (N-methyl/N-ethyl adjacent to an activating group) is 1. The Kier molecular flexibility index (Phi) is 8.72. The van der Waals surface area contributed by atoms with Gasteiger partial charge in [-0.2, -0.15) is 0 Å². The molecule has 112 valence electrons. The molecule has 0 radical (unpaired) electrons. The highest BCUT2D eigenvalue weighted by molar-refractivity contribution is 14.1. The molecular formula is C13H26IN3O2. The quantitative estimate of drug-likeness (QED) is 0.523. The summed E-state index contributed by atoms with van der Waals surface area (Å²) < 4.78 is 8.68. The van der Waals surface area contributed by atoms with Crippen molar-refractivity contribution in [1.29, 1.82) is 0 Å². The van der Waals surface area contributed by atoms with Gasteiger partial charge in [0, 0.05) is 42.0 Å². The van der Waals surface area contributed by atoms with Crippen LogP contribution in [0.4, 0.5) is 4.79 Å². The molecule has 0 aromatic rings. The lowest BCUT2D eigenvalue weighted by Crippen LogP contribution is -2.38. The van der Waals surface area contributed by atoms with Crippen LogP contribution in [0.5, 0.6) is 0 Å². The molecule has 1 aliphatic carbocycles. The fourth-order valence-electron chi connectivity index (χ4n) is 2.34. The van der Waals surface area contributed by atoms with Crippen LogP contribution in [-0.4, -0.2) is 49.3 Å². The van der Waals surface area contributed by atoms with Crippen LogP contribution in [0.3, 0.4) is 0 Å². The van der Waals surface area contributed by atoms with E-state index in [1.807, 2.05) is 0 Å². The van der Waals surface area contributed by atoms with Crippen molar-refractivity contribution in [2.45, 2.75) is 51.7 Å². The van der Waals surface area contributed by atoms with Crippen LogP contribution in [0.15, 0.2) is 0 Å². The summed E-state index contributed by atoms with van der Waals surface area (Å²) in [4.78, 5) is 13.9. The molecule has 0 bridgehead atoms. The van der Waals surface area contributed by atoms with Crippen molar-refractivity contribution in [2.75, 3.05) is 26.2 Å². The molecule has 1 rings (SSSR count). The lowest BCUT2D eigenvalue weighted by atomic mass is 9.94. The minimum absolute atomic E-state index is 0.0921. The van der Waals surface area contributed by atoms with E-state index < -0.39 is 0 Å². The number of halogens is 1. The average molecular weight is 383 g/mol. The number of ether oxygens (including phenoxy) is 1. The summed E-state index contributed by atoms with van der Waals surface area (Å²) in [6.45, 7) is 7.82. The maximum absolute atomic E-state index is 11.7. The topological polar surface area (TPSA) is 53.6 Å². The Bertz CT molecular complexity index is 254. The van der Waals surface area contributed by atoms with E-state index in [1.54, 1.807) is 0 Å². The van der Waals surface area contributed by atoms with Gasteiger partial charge in [-0.25, -0.2) is 4.79 Å². The maximum atomic E-state index is 11.7. The summed E-state index contributed by atoms with van der Waals surface area (Å²) in [5, 5.41) is 2.83. The predicted molar refractivity (Wildman–Crippen MR) is 85.5 cm³/mol. The van der Waals surface area contributed by atoms with Crippen LogP contribution >= 0.6 is 22.9 Å². The summed E-state index contributed by atoms with van der Waals surface area (Å²) in [7, 11) is 0. The SMILES string of the molecule is CCN(CC)CCNC(=O)OC1CCC(NI)CC1. The van der Waals surface area contributed by atoms with Gasteiger partial charge < -0.3 is 15.0 Å². The van der Waals surface area contributed by atoms with Gasteiger partial charge in [0.1, 0.15) is 6.10 Å². The molecule has 2 N–H and O–H groups in total. The number of carbonyl (C=O) groups excluding carboxylic acids is 1. The molecule has 0 aliphatic heterocycles. The molecule has 1 amide bonds. The van der Waals surface area contributed by atoms with Crippen molar-refractivity contribution >= 4 is 29.0 Å². The first-order valence-electron chi connectivity index (χ1n) is 7.22. The summed E-state index contributed by atoms with van der Waals surface area (Å²) in [5.41, 5.74) is 0. The summed E-state index contributed by atoms with van der Waals surface area (Å²) in [5.74, 6) is 0. The smallest absolute Gasteiger partial charge is 0.407 e. The van der Waals surface area contributed by atoms with E-state index in [9.17, 15) is 4.79 Å². The van der Waals surface area contributed by atoms with Gasteiger partial charge in [0.05, 0.1) is 0 Å². The largest absolute Gasteiger partial charge is 0.446 e. The molecular weight excluding hydrogens is 357 g/mol. The van der Waals surface area contributed by atoms with Crippen molar-refractivity contribution in [3.63, 3.8) is 0 Å². The van der Waals surface area contributed by atoms with Crippen LogP contribution in [0.1, 0.15) is 39.5 Å². The predicted octanol–water partition coefficient (Wildman–Crippen LogP) is 2.31. The number of amides is 1. The highest BCUT2D eigenvalue weighted by Gasteiger charge is 2.23. The first-order valence-corrected chi connectivity index (χ1v) is 8.30. The second-order valence-corrected chi connectivity index (χ2v) is 5.56. The van der Waals surface area contributed by atoms with E-state index in [0.717, 1.165) is 45.3 Å².